The first-order chi connectivity index (χ1) is 9.61. The molecule has 0 amide bonds. The third kappa shape index (κ3) is 3.74. The minimum atomic E-state index is -0.300. The highest BCUT2D eigenvalue weighted by atomic mass is 35.5. The smallest absolute Gasteiger partial charge is 0.127 e. The first kappa shape index (κ1) is 15.3. The van der Waals surface area contributed by atoms with E-state index in [-0.39, 0.29) is 11.2 Å². The first-order valence-corrected chi connectivity index (χ1v) is 7.59. The molecule has 0 bridgehead atoms. The Morgan fingerprint density at radius 2 is 1.80 bits per heavy atom. The van der Waals surface area contributed by atoms with E-state index in [1.54, 1.807) is 12.1 Å². The van der Waals surface area contributed by atoms with Gasteiger partial charge in [0.15, 0.2) is 0 Å². The lowest BCUT2D eigenvalue weighted by atomic mass is 10.0. The van der Waals surface area contributed by atoms with E-state index in [1.807, 2.05) is 12.1 Å². The van der Waals surface area contributed by atoms with Crippen LogP contribution >= 0.6 is 23.2 Å². The maximum Gasteiger partial charge on any atom is 0.127 e. The molecule has 1 atom stereocenters. The number of benzene rings is 2. The molecule has 1 unspecified atom stereocenters. The number of rotatable bonds is 5. The molecular weight excluding hydrogens is 294 g/mol. The van der Waals surface area contributed by atoms with Gasteiger partial charge in [0.05, 0.1) is 5.38 Å². The zero-order chi connectivity index (χ0) is 14.5. The Kier molecular flexibility index (Phi) is 5.45. The van der Waals surface area contributed by atoms with Crippen molar-refractivity contribution in [1.29, 1.82) is 0 Å². The molecule has 0 aromatic heterocycles. The highest BCUT2D eigenvalue weighted by molar-refractivity contribution is 6.31. The third-order valence-electron chi connectivity index (χ3n) is 3.33. The number of alkyl halides is 1. The van der Waals surface area contributed by atoms with Crippen molar-refractivity contribution in [2.24, 2.45) is 0 Å². The van der Waals surface area contributed by atoms with E-state index in [9.17, 15) is 4.39 Å². The Bertz CT molecular complexity index is 543. The van der Waals surface area contributed by atoms with Crippen LogP contribution in [0.3, 0.4) is 0 Å². The second-order valence-electron chi connectivity index (χ2n) is 4.86. The number of halogens is 3. The Labute approximate surface area is 129 Å². The van der Waals surface area contributed by atoms with Gasteiger partial charge in [0.2, 0.25) is 0 Å². The Balaban J connectivity index is 2.13. The average molecular weight is 311 g/mol. The highest BCUT2D eigenvalue weighted by Crippen LogP contribution is 2.30. The van der Waals surface area contributed by atoms with Crippen LogP contribution in [-0.2, 0) is 12.8 Å². The summed E-state index contributed by atoms with van der Waals surface area (Å²) in [7, 11) is 0. The monoisotopic (exact) mass is 310 g/mol. The lowest BCUT2D eigenvalue weighted by Gasteiger charge is -2.12. The number of aryl methyl sites for hydroxylation is 1. The maximum absolute atomic E-state index is 13.7. The van der Waals surface area contributed by atoms with Gasteiger partial charge in [-0.25, -0.2) is 4.39 Å². The summed E-state index contributed by atoms with van der Waals surface area (Å²) in [6.07, 6.45) is 2.57. The van der Waals surface area contributed by atoms with Gasteiger partial charge < -0.3 is 0 Å². The molecule has 3 heteroatoms. The lowest BCUT2D eigenvalue weighted by Crippen LogP contribution is -2.00. The van der Waals surface area contributed by atoms with Crippen molar-refractivity contribution in [2.45, 2.75) is 31.6 Å². The standard InChI is InChI=1S/C17H17Cl2F/c1-2-4-12-7-9-13(10-8-12)16(19)11-14-15(18)5-3-6-17(14)20/h3,5-10,16H,2,4,11H2,1H3. The molecule has 0 nitrogen and oxygen atoms in total. The molecule has 2 aromatic carbocycles. The van der Waals surface area contributed by atoms with E-state index in [2.05, 4.69) is 19.1 Å². The molecule has 20 heavy (non-hydrogen) atoms. The molecule has 0 heterocycles. The Hall–Kier alpha value is -1.05. The van der Waals surface area contributed by atoms with Crippen molar-refractivity contribution >= 4 is 23.2 Å². The molecule has 106 valence electrons. The minimum Gasteiger partial charge on any atom is -0.207 e. The number of hydrogen-bond acceptors (Lipinski definition) is 0. The fourth-order valence-electron chi connectivity index (χ4n) is 2.21. The summed E-state index contributed by atoms with van der Waals surface area (Å²) >= 11 is 12.4. The molecule has 0 N–H and O–H groups in total. The van der Waals surface area contributed by atoms with Crippen molar-refractivity contribution in [3.05, 3.63) is 70.0 Å². The molecule has 0 fully saturated rings. The van der Waals surface area contributed by atoms with Crippen molar-refractivity contribution in [2.75, 3.05) is 0 Å². The number of hydrogen-bond donors (Lipinski definition) is 0. The van der Waals surface area contributed by atoms with Gasteiger partial charge in [0.25, 0.3) is 0 Å². The predicted molar refractivity (Wildman–Crippen MR) is 84.1 cm³/mol. The van der Waals surface area contributed by atoms with Gasteiger partial charge in [-0.2, -0.15) is 0 Å². The zero-order valence-electron chi connectivity index (χ0n) is 11.4. The van der Waals surface area contributed by atoms with E-state index in [1.165, 1.54) is 11.6 Å². The van der Waals surface area contributed by atoms with Crippen LogP contribution in [0, 0.1) is 5.82 Å². The van der Waals surface area contributed by atoms with E-state index in [0.717, 1.165) is 18.4 Å². The van der Waals surface area contributed by atoms with Crippen LogP contribution in [0.5, 0.6) is 0 Å². The maximum atomic E-state index is 13.7. The van der Waals surface area contributed by atoms with E-state index >= 15 is 0 Å². The lowest BCUT2D eigenvalue weighted by molar-refractivity contribution is 0.607. The van der Waals surface area contributed by atoms with Gasteiger partial charge in [-0.3, -0.25) is 0 Å². The van der Waals surface area contributed by atoms with Crippen LogP contribution in [0.15, 0.2) is 42.5 Å². The quantitative estimate of drug-likeness (QED) is 0.598. The van der Waals surface area contributed by atoms with Crippen molar-refractivity contribution in [3.8, 4) is 0 Å². The van der Waals surface area contributed by atoms with Crippen LogP contribution in [-0.4, -0.2) is 0 Å². The summed E-state index contributed by atoms with van der Waals surface area (Å²) in [5.41, 5.74) is 2.77. The van der Waals surface area contributed by atoms with Gasteiger partial charge in [-0.05, 0) is 36.1 Å². The molecule has 0 radical (unpaired) electrons. The SMILES string of the molecule is CCCc1ccc(C(Cl)Cc2c(F)cccc2Cl)cc1. The summed E-state index contributed by atoms with van der Waals surface area (Å²) in [4.78, 5) is 0. The third-order valence-corrected chi connectivity index (χ3v) is 4.09. The average Bonchev–Trinajstić information content (AvgIpc) is 2.44. The van der Waals surface area contributed by atoms with Gasteiger partial charge >= 0.3 is 0 Å². The van der Waals surface area contributed by atoms with Crippen LogP contribution in [0.2, 0.25) is 5.02 Å². The zero-order valence-corrected chi connectivity index (χ0v) is 12.9. The van der Waals surface area contributed by atoms with Crippen LogP contribution in [0.1, 0.15) is 35.4 Å². The van der Waals surface area contributed by atoms with Crippen molar-refractivity contribution in [3.63, 3.8) is 0 Å². The molecule has 0 aliphatic rings. The normalized spacial score (nSPS) is 12.4. The molecule has 2 rings (SSSR count). The summed E-state index contributed by atoms with van der Waals surface area (Å²) in [6, 6.07) is 12.9. The topological polar surface area (TPSA) is 0 Å². The second kappa shape index (κ2) is 7.10. The fourth-order valence-corrected chi connectivity index (χ4v) is 2.75. The summed E-state index contributed by atoms with van der Waals surface area (Å²) < 4.78 is 13.7. The van der Waals surface area contributed by atoms with Crippen LogP contribution in [0.4, 0.5) is 4.39 Å². The minimum absolute atomic E-state index is 0.278. The molecule has 2 aromatic rings. The summed E-state index contributed by atoms with van der Waals surface area (Å²) in [5, 5.41) is 0.151. The predicted octanol–water partition coefficient (Wildman–Crippen LogP) is 5.95. The fraction of sp³-hybridized carbons (Fsp3) is 0.294. The largest absolute Gasteiger partial charge is 0.207 e. The van der Waals surface area contributed by atoms with E-state index in [4.69, 9.17) is 23.2 Å². The molecular formula is C17H17Cl2F. The van der Waals surface area contributed by atoms with Gasteiger partial charge in [-0.1, -0.05) is 55.3 Å². The van der Waals surface area contributed by atoms with Gasteiger partial charge in [-0.15, -0.1) is 11.6 Å². The Morgan fingerprint density at radius 1 is 1.10 bits per heavy atom. The molecule has 0 aliphatic heterocycles. The van der Waals surface area contributed by atoms with Crippen molar-refractivity contribution < 1.29 is 4.39 Å². The van der Waals surface area contributed by atoms with E-state index in [0.29, 0.717) is 17.0 Å². The van der Waals surface area contributed by atoms with Gasteiger partial charge in [0.1, 0.15) is 5.82 Å². The first-order valence-electron chi connectivity index (χ1n) is 6.77. The Morgan fingerprint density at radius 3 is 2.40 bits per heavy atom. The molecule has 0 aliphatic carbocycles. The van der Waals surface area contributed by atoms with E-state index < -0.39 is 0 Å². The summed E-state index contributed by atoms with van der Waals surface area (Å²) in [5.74, 6) is -0.300. The van der Waals surface area contributed by atoms with Crippen LogP contribution in [0.25, 0.3) is 0 Å². The van der Waals surface area contributed by atoms with Crippen LogP contribution < -0.4 is 0 Å². The molecule has 0 saturated carbocycles. The second-order valence-corrected chi connectivity index (χ2v) is 5.80. The molecule has 0 spiro atoms. The highest BCUT2D eigenvalue weighted by Gasteiger charge is 2.14. The van der Waals surface area contributed by atoms with Crippen molar-refractivity contribution in [1.82, 2.24) is 0 Å². The summed E-state index contributed by atoms with van der Waals surface area (Å²) in [6.45, 7) is 2.15. The molecule has 0 saturated heterocycles. The van der Waals surface area contributed by atoms with Gasteiger partial charge in [0, 0.05) is 10.6 Å².